The van der Waals surface area contributed by atoms with Crippen molar-refractivity contribution in [3.05, 3.63) is 107 Å². The third-order valence-electron chi connectivity index (χ3n) is 5.04. The van der Waals surface area contributed by atoms with Crippen molar-refractivity contribution in [2.24, 2.45) is 0 Å². The summed E-state index contributed by atoms with van der Waals surface area (Å²) >= 11 is 0. The van der Waals surface area contributed by atoms with Gasteiger partial charge in [0.15, 0.2) is 17.5 Å². The Morgan fingerprint density at radius 1 is 0.806 bits per heavy atom. The Kier molecular flexibility index (Phi) is 5.77. The molecular formula is C27H18F4. The van der Waals surface area contributed by atoms with E-state index in [1.165, 1.54) is 6.92 Å². The number of fused-ring (bicyclic) bond motifs is 1. The summed E-state index contributed by atoms with van der Waals surface area (Å²) in [6.45, 7) is 1.51. The lowest BCUT2D eigenvalue weighted by Gasteiger charge is -2.15. The quantitative estimate of drug-likeness (QED) is 0.187. The molecule has 4 aromatic carbocycles. The van der Waals surface area contributed by atoms with Crippen molar-refractivity contribution in [1.82, 2.24) is 0 Å². The topological polar surface area (TPSA) is 0 Å². The molecule has 0 radical (unpaired) electrons. The van der Waals surface area contributed by atoms with Crippen molar-refractivity contribution in [3.63, 3.8) is 0 Å². The first-order valence-corrected chi connectivity index (χ1v) is 9.84. The van der Waals surface area contributed by atoms with E-state index in [1.54, 1.807) is 0 Å². The average Bonchev–Trinajstić information content (AvgIpc) is 2.75. The summed E-state index contributed by atoms with van der Waals surface area (Å²) in [6.07, 6.45) is -0.767. The van der Waals surface area contributed by atoms with Gasteiger partial charge in [-0.25, -0.2) is 17.6 Å². The van der Waals surface area contributed by atoms with Gasteiger partial charge in [0.25, 0.3) is 0 Å². The normalized spacial score (nSPS) is 11.8. The largest absolute Gasteiger partial charge is 0.247 e. The zero-order valence-corrected chi connectivity index (χ0v) is 16.7. The van der Waals surface area contributed by atoms with Crippen LogP contribution in [0.1, 0.15) is 23.6 Å². The molecule has 0 nitrogen and oxygen atoms in total. The van der Waals surface area contributed by atoms with Gasteiger partial charge >= 0.3 is 0 Å². The van der Waals surface area contributed by atoms with Crippen LogP contribution in [0, 0.1) is 29.3 Å². The molecule has 31 heavy (non-hydrogen) atoms. The molecule has 4 aromatic rings. The summed E-state index contributed by atoms with van der Waals surface area (Å²) in [6, 6.07) is 20.8. The van der Waals surface area contributed by atoms with Crippen LogP contribution in [0.5, 0.6) is 0 Å². The summed E-state index contributed by atoms with van der Waals surface area (Å²) in [7, 11) is 0. The molecule has 0 amide bonds. The van der Waals surface area contributed by atoms with Gasteiger partial charge < -0.3 is 0 Å². The highest BCUT2D eigenvalue weighted by atomic mass is 19.2. The van der Waals surface area contributed by atoms with Gasteiger partial charge in [-0.2, -0.15) is 0 Å². The van der Waals surface area contributed by atoms with Crippen molar-refractivity contribution in [1.29, 1.82) is 0 Å². The fourth-order valence-corrected chi connectivity index (χ4v) is 3.68. The SMILES string of the molecule is CC(F)Cc1ccccc1-c1c(C#Cc2cc(F)c(F)c(F)c2)ccc2ccccc12. The molecule has 0 aliphatic rings. The molecule has 0 aliphatic heterocycles. The van der Waals surface area contributed by atoms with Crippen LogP contribution in [0.3, 0.4) is 0 Å². The van der Waals surface area contributed by atoms with E-state index < -0.39 is 23.6 Å². The van der Waals surface area contributed by atoms with E-state index in [4.69, 9.17) is 0 Å². The molecule has 0 N–H and O–H groups in total. The van der Waals surface area contributed by atoms with E-state index in [9.17, 15) is 17.6 Å². The molecule has 0 bridgehead atoms. The standard InChI is InChI=1S/C27H18F4/c1-17(28)14-21-7-3-5-9-23(21)26-20(13-12-19-6-2-4-8-22(19)26)11-10-18-15-24(29)27(31)25(30)16-18/h2-9,12-13,15-17H,14H2,1H3. The predicted octanol–water partition coefficient (Wildman–Crippen LogP) is 7.22. The molecule has 0 spiro atoms. The fourth-order valence-electron chi connectivity index (χ4n) is 3.68. The number of benzene rings is 4. The van der Waals surface area contributed by atoms with Crippen molar-refractivity contribution in [2.45, 2.75) is 19.5 Å². The highest BCUT2D eigenvalue weighted by Gasteiger charge is 2.14. The van der Waals surface area contributed by atoms with Crippen LogP contribution in [0.2, 0.25) is 0 Å². The Balaban J connectivity index is 1.94. The predicted molar refractivity (Wildman–Crippen MR) is 116 cm³/mol. The van der Waals surface area contributed by atoms with E-state index in [2.05, 4.69) is 11.8 Å². The molecular weight excluding hydrogens is 400 g/mol. The van der Waals surface area contributed by atoms with Crippen molar-refractivity contribution in [2.75, 3.05) is 0 Å². The smallest absolute Gasteiger partial charge is 0.194 e. The average molecular weight is 418 g/mol. The molecule has 1 unspecified atom stereocenters. The van der Waals surface area contributed by atoms with E-state index in [1.807, 2.05) is 60.7 Å². The fraction of sp³-hybridized carbons (Fsp3) is 0.111. The molecule has 0 heterocycles. The summed E-state index contributed by atoms with van der Waals surface area (Å²) in [5.74, 6) is 1.61. The maximum absolute atomic E-state index is 13.8. The molecule has 4 heteroatoms. The number of hydrogen-bond donors (Lipinski definition) is 0. The zero-order valence-electron chi connectivity index (χ0n) is 16.7. The number of halogens is 4. The van der Waals surface area contributed by atoms with E-state index in [0.29, 0.717) is 5.56 Å². The Morgan fingerprint density at radius 2 is 1.48 bits per heavy atom. The highest BCUT2D eigenvalue weighted by molar-refractivity contribution is 6.00. The zero-order chi connectivity index (χ0) is 22.0. The Labute approximate surface area is 178 Å². The molecule has 0 saturated carbocycles. The van der Waals surface area contributed by atoms with Gasteiger partial charge in [-0.3, -0.25) is 0 Å². The minimum Gasteiger partial charge on any atom is -0.247 e. The molecule has 0 aromatic heterocycles. The van der Waals surface area contributed by atoms with Crippen LogP contribution >= 0.6 is 0 Å². The first kappa shape index (κ1) is 20.7. The monoisotopic (exact) mass is 418 g/mol. The van der Waals surface area contributed by atoms with Gasteiger partial charge in [0.2, 0.25) is 0 Å². The van der Waals surface area contributed by atoms with E-state index >= 15 is 0 Å². The van der Waals surface area contributed by atoms with Gasteiger partial charge in [-0.1, -0.05) is 66.4 Å². The van der Waals surface area contributed by atoms with Crippen LogP contribution in [0.15, 0.2) is 72.8 Å². The second kappa shape index (κ2) is 8.65. The number of hydrogen-bond acceptors (Lipinski definition) is 0. The maximum atomic E-state index is 13.8. The third-order valence-corrected chi connectivity index (χ3v) is 5.04. The first-order chi connectivity index (χ1) is 14.9. The van der Waals surface area contributed by atoms with Gasteiger partial charge in [0.05, 0.1) is 0 Å². The van der Waals surface area contributed by atoms with E-state index in [-0.39, 0.29) is 12.0 Å². The lowest BCUT2D eigenvalue weighted by atomic mass is 9.89. The summed E-state index contributed by atoms with van der Waals surface area (Å²) in [5, 5.41) is 1.93. The summed E-state index contributed by atoms with van der Waals surface area (Å²) < 4.78 is 54.2. The van der Waals surface area contributed by atoms with Crippen LogP contribution in [0.4, 0.5) is 17.6 Å². The summed E-state index contributed by atoms with van der Waals surface area (Å²) in [4.78, 5) is 0. The minimum atomic E-state index is -1.52. The lowest BCUT2D eigenvalue weighted by molar-refractivity contribution is 0.360. The van der Waals surface area contributed by atoms with Gasteiger partial charge in [-0.05, 0) is 47.0 Å². The van der Waals surface area contributed by atoms with Crippen LogP contribution < -0.4 is 0 Å². The second-order valence-corrected chi connectivity index (χ2v) is 7.36. The molecule has 1 atom stereocenters. The van der Waals surface area contributed by atoms with Gasteiger partial charge in [-0.15, -0.1) is 0 Å². The van der Waals surface area contributed by atoms with Gasteiger partial charge in [0, 0.05) is 23.1 Å². The third kappa shape index (κ3) is 4.32. The first-order valence-electron chi connectivity index (χ1n) is 9.84. The Hall–Kier alpha value is -3.58. The second-order valence-electron chi connectivity index (χ2n) is 7.36. The molecule has 0 aliphatic carbocycles. The maximum Gasteiger partial charge on any atom is 0.194 e. The van der Waals surface area contributed by atoms with E-state index in [0.717, 1.165) is 39.6 Å². The van der Waals surface area contributed by atoms with Crippen LogP contribution in [-0.2, 0) is 6.42 Å². The molecule has 0 saturated heterocycles. The number of alkyl halides is 1. The van der Waals surface area contributed by atoms with Crippen molar-refractivity contribution >= 4 is 10.8 Å². The van der Waals surface area contributed by atoms with Crippen molar-refractivity contribution < 1.29 is 17.6 Å². The van der Waals surface area contributed by atoms with Gasteiger partial charge in [0.1, 0.15) is 6.17 Å². The van der Waals surface area contributed by atoms with Crippen LogP contribution in [-0.4, -0.2) is 6.17 Å². The lowest BCUT2D eigenvalue weighted by Crippen LogP contribution is -2.01. The number of rotatable bonds is 3. The summed E-state index contributed by atoms with van der Waals surface area (Å²) in [5.41, 5.74) is 3.18. The minimum absolute atomic E-state index is 0.0289. The molecule has 0 fully saturated rings. The Morgan fingerprint density at radius 3 is 2.23 bits per heavy atom. The highest BCUT2D eigenvalue weighted by Crippen LogP contribution is 2.35. The molecule has 154 valence electrons. The Bertz CT molecular complexity index is 1300. The molecule has 4 rings (SSSR count). The van der Waals surface area contributed by atoms with Crippen LogP contribution in [0.25, 0.3) is 21.9 Å². The van der Waals surface area contributed by atoms with Crippen molar-refractivity contribution in [3.8, 4) is 23.0 Å².